The lowest BCUT2D eigenvalue weighted by Gasteiger charge is -2.17. The zero-order chi connectivity index (χ0) is 16.8. The van der Waals surface area contributed by atoms with E-state index in [0.29, 0.717) is 11.6 Å². The predicted octanol–water partition coefficient (Wildman–Crippen LogP) is 3.51. The minimum absolute atomic E-state index is 0.447. The van der Waals surface area contributed by atoms with E-state index in [1.807, 2.05) is 60.7 Å². The summed E-state index contributed by atoms with van der Waals surface area (Å²) in [6.07, 6.45) is 1.66. The van der Waals surface area contributed by atoms with Crippen LogP contribution in [0.25, 0.3) is 0 Å². The molecule has 24 heavy (non-hydrogen) atoms. The molecule has 0 radical (unpaired) electrons. The van der Waals surface area contributed by atoms with E-state index < -0.39 is 11.9 Å². The fraction of sp³-hybridized carbons (Fsp3) is 0.0526. The van der Waals surface area contributed by atoms with Gasteiger partial charge in [-0.2, -0.15) is 0 Å². The second kappa shape index (κ2) is 7.28. The fourth-order valence-electron chi connectivity index (χ4n) is 2.31. The number of ether oxygens (including phenoxy) is 1. The number of nitrogens with zero attached hydrogens (tertiary/aromatic N) is 1. The van der Waals surface area contributed by atoms with Crippen molar-refractivity contribution in [1.82, 2.24) is 4.98 Å². The molecule has 0 spiro atoms. The molecule has 0 aliphatic heterocycles. The second-order valence-electron chi connectivity index (χ2n) is 5.19. The Labute approximate surface area is 140 Å². The Morgan fingerprint density at radius 3 is 2.50 bits per heavy atom. The third kappa shape index (κ3) is 3.89. The summed E-state index contributed by atoms with van der Waals surface area (Å²) in [4.78, 5) is 15.9. The number of primary amides is 1. The molecule has 1 atom stereocenters. The number of nitrogens with one attached hydrogen (secondary N) is 1. The molecule has 0 fully saturated rings. The van der Waals surface area contributed by atoms with E-state index in [0.717, 1.165) is 11.3 Å². The molecule has 0 bridgehead atoms. The minimum atomic E-state index is -0.615. The van der Waals surface area contributed by atoms with Crippen LogP contribution in [0.3, 0.4) is 0 Å². The highest BCUT2D eigenvalue weighted by atomic mass is 16.5. The van der Waals surface area contributed by atoms with Crippen LogP contribution in [-0.2, 0) is 4.79 Å². The van der Waals surface area contributed by atoms with Gasteiger partial charge in [0.2, 0.25) is 11.8 Å². The molecule has 5 heteroatoms. The Morgan fingerprint density at radius 1 is 1.00 bits per heavy atom. The van der Waals surface area contributed by atoms with Gasteiger partial charge < -0.3 is 15.8 Å². The normalized spacial score (nSPS) is 11.5. The van der Waals surface area contributed by atoms with Gasteiger partial charge in [-0.3, -0.25) is 4.79 Å². The third-order valence-corrected chi connectivity index (χ3v) is 3.42. The Hall–Kier alpha value is -3.34. The van der Waals surface area contributed by atoms with Gasteiger partial charge in [0, 0.05) is 24.0 Å². The summed E-state index contributed by atoms with van der Waals surface area (Å²) in [5.41, 5.74) is 7.07. The molecule has 3 N–H and O–H groups in total. The van der Waals surface area contributed by atoms with Crippen LogP contribution in [0.1, 0.15) is 11.6 Å². The molecule has 5 nitrogen and oxygen atoms in total. The van der Waals surface area contributed by atoms with Crippen molar-refractivity contribution in [3.8, 4) is 11.6 Å². The van der Waals surface area contributed by atoms with E-state index in [2.05, 4.69) is 10.3 Å². The SMILES string of the molecule is NC(=O)C(Nc1cccc(Oc2ccccn2)c1)c1ccccc1. The van der Waals surface area contributed by atoms with Gasteiger partial charge in [0.1, 0.15) is 11.8 Å². The van der Waals surface area contributed by atoms with Crippen molar-refractivity contribution >= 4 is 11.6 Å². The smallest absolute Gasteiger partial charge is 0.244 e. The topological polar surface area (TPSA) is 77.2 Å². The lowest BCUT2D eigenvalue weighted by molar-refractivity contribution is -0.118. The zero-order valence-electron chi connectivity index (χ0n) is 12.9. The van der Waals surface area contributed by atoms with E-state index >= 15 is 0 Å². The average Bonchev–Trinajstić information content (AvgIpc) is 2.61. The number of rotatable bonds is 6. The van der Waals surface area contributed by atoms with Gasteiger partial charge in [0.25, 0.3) is 0 Å². The van der Waals surface area contributed by atoms with Crippen molar-refractivity contribution < 1.29 is 9.53 Å². The molecule has 120 valence electrons. The standard InChI is InChI=1S/C19H17N3O2/c20-19(23)18(14-7-2-1-3-8-14)22-15-9-6-10-16(13-15)24-17-11-4-5-12-21-17/h1-13,18,22H,(H2,20,23). The Kier molecular flexibility index (Phi) is 4.72. The lowest BCUT2D eigenvalue weighted by Crippen LogP contribution is -2.27. The van der Waals surface area contributed by atoms with E-state index in [1.165, 1.54) is 0 Å². The lowest BCUT2D eigenvalue weighted by atomic mass is 10.1. The van der Waals surface area contributed by atoms with Crippen molar-refractivity contribution in [2.75, 3.05) is 5.32 Å². The maximum Gasteiger partial charge on any atom is 0.244 e. The van der Waals surface area contributed by atoms with Crippen molar-refractivity contribution in [2.45, 2.75) is 6.04 Å². The maximum absolute atomic E-state index is 11.8. The number of nitrogens with two attached hydrogens (primary N) is 1. The fourth-order valence-corrected chi connectivity index (χ4v) is 2.31. The average molecular weight is 319 g/mol. The number of hydrogen-bond donors (Lipinski definition) is 2. The summed E-state index contributed by atoms with van der Waals surface area (Å²) in [7, 11) is 0. The van der Waals surface area contributed by atoms with Gasteiger partial charge >= 0.3 is 0 Å². The van der Waals surface area contributed by atoms with Crippen LogP contribution < -0.4 is 15.8 Å². The van der Waals surface area contributed by atoms with E-state index in [9.17, 15) is 4.79 Å². The first-order chi connectivity index (χ1) is 11.7. The second-order valence-corrected chi connectivity index (χ2v) is 5.19. The number of amides is 1. The summed E-state index contributed by atoms with van der Waals surface area (Å²) in [5, 5.41) is 3.15. The molecule has 0 saturated heterocycles. The first kappa shape index (κ1) is 15.6. The third-order valence-electron chi connectivity index (χ3n) is 3.42. The molecule has 0 aliphatic carbocycles. The van der Waals surface area contributed by atoms with Gasteiger partial charge in [0.15, 0.2) is 0 Å². The number of carbonyl (C=O) groups excluding carboxylic acids is 1. The molecule has 1 amide bonds. The van der Waals surface area contributed by atoms with E-state index in [-0.39, 0.29) is 0 Å². The molecule has 1 heterocycles. The molecule has 0 aliphatic rings. The number of hydrogen-bond acceptors (Lipinski definition) is 4. The molecule has 0 saturated carbocycles. The molecule has 3 rings (SSSR count). The molecule has 1 unspecified atom stereocenters. The largest absolute Gasteiger partial charge is 0.439 e. The number of anilines is 1. The van der Waals surface area contributed by atoms with Crippen molar-refractivity contribution in [1.29, 1.82) is 0 Å². The quantitative estimate of drug-likeness (QED) is 0.729. The van der Waals surface area contributed by atoms with Crippen LogP contribution in [-0.4, -0.2) is 10.9 Å². The Bertz CT molecular complexity index is 807. The zero-order valence-corrected chi connectivity index (χ0v) is 12.9. The highest BCUT2D eigenvalue weighted by Gasteiger charge is 2.17. The number of benzene rings is 2. The summed E-state index contributed by atoms with van der Waals surface area (Å²) in [6, 6.07) is 21.5. The number of pyridine rings is 1. The highest BCUT2D eigenvalue weighted by Crippen LogP contribution is 2.25. The van der Waals surface area contributed by atoms with E-state index in [1.54, 1.807) is 18.3 Å². The van der Waals surface area contributed by atoms with Gasteiger partial charge in [-0.25, -0.2) is 4.98 Å². The summed E-state index contributed by atoms with van der Waals surface area (Å²) < 4.78 is 5.70. The van der Waals surface area contributed by atoms with Gasteiger partial charge in [-0.15, -0.1) is 0 Å². The number of aromatic nitrogens is 1. The monoisotopic (exact) mass is 319 g/mol. The van der Waals surface area contributed by atoms with Crippen LogP contribution in [0.15, 0.2) is 79.0 Å². The van der Waals surface area contributed by atoms with Crippen molar-refractivity contribution in [2.24, 2.45) is 5.73 Å². The molecule has 2 aromatic carbocycles. The maximum atomic E-state index is 11.8. The van der Waals surface area contributed by atoms with Crippen LogP contribution in [0.2, 0.25) is 0 Å². The highest BCUT2D eigenvalue weighted by molar-refractivity contribution is 5.84. The Balaban J connectivity index is 1.79. The summed E-state index contributed by atoms with van der Waals surface area (Å²) in [5.74, 6) is 0.677. The van der Waals surface area contributed by atoms with Crippen LogP contribution >= 0.6 is 0 Å². The van der Waals surface area contributed by atoms with Crippen LogP contribution in [0, 0.1) is 0 Å². The van der Waals surface area contributed by atoms with Gasteiger partial charge in [-0.1, -0.05) is 42.5 Å². The number of carbonyl (C=O) groups is 1. The predicted molar refractivity (Wildman–Crippen MR) is 92.8 cm³/mol. The first-order valence-corrected chi connectivity index (χ1v) is 7.52. The van der Waals surface area contributed by atoms with Gasteiger partial charge in [-0.05, 0) is 23.8 Å². The minimum Gasteiger partial charge on any atom is -0.439 e. The van der Waals surface area contributed by atoms with Crippen LogP contribution in [0.5, 0.6) is 11.6 Å². The molecular weight excluding hydrogens is 302 g/mol. The summed E-state index contributed by atoms with van der Waals surface area (Å²) in [6.45, 7) is 0. The molecule has 3 aromatic rings. The van der Waals surface area contributed by atoms with Crippen LogP contribution in [0.4, 0.5) is 5.69 Å². The van der Waals surface area contributed by atoms with Gasteiger partial charge in [0.05, 0.1) is 0 Å². The first-order valence-electron chi connectivity index (χ1n) is 7.52. The molecular formula is C19H17N3O2. The molecule has 1 aromatic heterocycles. The summed E-state index contributed by atoms with van der Waals surface area (Å²) >= 11 is 0. The Morgan fingerprint density at radius 2 is 1.79 bits per heavy atom. The van der Waals surface area contributed by atoms with Crippen molar-refractivity contribution in [3.63, 3.8) is 0 Å². The van der Waals surface area contributed by atoms with E-state index in [4.69, 9.17) is 10.5 Å². The van der Waals surface area contributed by atoms with Crippen molar-refractivity contribution in [3.05, 3.63) is 84.6 Å².